The Kier molecular flexibility index (Phi) is 4.74. The van der Waals surface area contributed by atoms with Crippen LogP contribution in [0.3, 0.4) is 0 Å². The van der Waals surface area contributed by atoms with E-state index in [4.69, 9.17) is 9.47 Å². The van der Waals surface area contributed by atoms with E-state index < -0.39 is 5.97 Å². The molecule has 0 unspecified atom stereocenters. The largest absolute Gasteiger partial charge is 0.477 e. The minimum absolute atomic E-state index is 0.0487. The molecule has 7 nitrogen and oxygen atoms in total. The number of carbonyl (C=O) groups is 1. The average molecular weight is 293 g/mol. The molecule has 0 saturated heterocycles. The maximum atomic E-state index is 11.3. The zero-order valence-electron chi connectivity index (χ0n) is 12.4. The molecule has 2 aromatic heterocycles. The number of aromatic carboxylic acids is 1. The number of fused-ring (bicyclic) bond motifs is 1. The molecule has 0 aliphatic carbocycles. The van der Waals surface area contributed by atoms with Crippen LogP contribution in [0.15, 0.2) is 12.3 Å². The van der Waals surface area contributed by atoms with E-state index in [9.17, 15) is 9.90 Å². The summed E-state index contributed by atoms with van der Waals surface area (Å²) >= 11 is 0. The molecule has 0 saturated carbocycles. The third-order valence-corrected chi connectivity index (χ3v) is 2.82. The molecule has 114 valence electrons. The smallest absolute Gasteiger partial charge is 0.341 e. The first kappa shape index (κ1) is 15.2. The van der Waals surface area contributed by atoms with Crippen LogP contribution in [0.25, 0.3) is 11.0 Å². The van der Waals surface area contributed by atoms with E-state index in [-0.39, 0.29) is 17.5 Å². The fourth-order valence-electron chi connectivity index (χ4n) is 1.94. The number of hydrogen-bond acceptors (Lipinski definition) is 5. The minimum Gasteiger partial charge on any atom is -0.477 e. The molecule has 2 aromatic rings. The second-order valence-electron chi connectivity index (χ2n) is 4.96. The Labute approximate surface area is 122 Å². The van der Waals surface area contributed by atoms with Crippen LogP contribution >= 0.6 is 0 Å². The van der Waals surface area contributed by atoms with E-state index in [0.717, 1.165) is 6.42 Å². The number of aryl methyl sites for hydroxylation is 1. The number of methoxy groups -OCH3 is 1. The molecule has 0 spiro atoms. The van der Waals surface area contributed by atoms with Crippen molar-refractivity contribution in [1.82, 2.24) is 14.8 Å². The molecule has 0 aliphatic heterocycles. The molecule has 0 atom stereocenters. The number of carboxylic acid groups (broad SMARTS) is 1. The van der Waals surface area contributed by atoms with Crippen molar-refractivity contribution in [3.63, 3.8) is 0 Å². The predicted octanol–water partition coefficient (Wildman–Crippen LogP) is 1.95. The second-order valence-corrected chi connectivity index (χ2v) is 4.96. The van der Waals surface area contributed by atoms with Gasteiger partial charge < -0.3 is 14.6 Å². The third kappa shape index (κ3) is 3.69. The summed E-state index contributed by atoms with van der Waals surface area (Å²) in [7, 11) is 1.65. The normalized spacial score (nSPS) is 11.2. The molecule has 0 aliphatic rings. The van der Waals surface area contributed by atoms with Crippen molar-refractivity contribution in [3.05, 3.63) is 17.8 Å². The molecule has 0 amide bonds. The van der Waals surface area contributed by atoms with Crippen molar-refractivity contribution in [2.24, 2.45) is 0 Å². The summed E-state index contributed by atoms with van der Waals surface area (Å²) < 4.78 is 12.2. The molecular weight excluding hydrogens is 274 g/mol. The molecule has 1 N–H and O–H groups in total. The lowest BCUT2D eigenvalue weighted by atomic mass is 10.2. The van der Waals surface area contributed by atoms with Gasteiger partial charge in [0.15, 0.2) is 5.65 Å². The van der Waals surface area contributed by atoms with Gasteiger partial charge in [-0.1, -0.05) is 0 Å². The Morgan fingerprint density at radius 3 is 2.86 bits per heavy atom. The predicted molar refractivity (Wildman–Crippen MR) is 76.7 cm³/mol. The zero-order valence-corrected chi connectivity index (χ0v) is 12.4. The SMILES string of the molecule is COCCCn1cc2cc(C(=O)O)c(OC(C)C)nc2n1. The molecule has 7 heteroatoms. The van der Waals surface area contributed by atoms with Gasteiger partial charge in [-0.25, -0.2) is 4.79 Å². The number of hydrogen-bond donors (Lipinski definition) is 1. The standard InChI is InChI=1S/C14H19N3O4/c1-9(2)21-13-11(14(18)19)7-10-8-17(5-4-6-20-3)16-12(10)15-13/h7-9H,4-6H2,1-3H3,(H,18,19). The van der Waals surface area contributed by atoms with Crippen molar-refractivity contribution in [1.29, 1.82) is 0 Å². The molecule has 0 fully saturated rings. The fraction of sp³-hybridized carbons (Fsp3) is 0.500. The summed E-state index contributed by atoms with van der Waals surface area (Å²) in [5.74, 6) is -0.959. The van der Waals surface area contributed by atoms with Crippen LogP contribution in [-0.4, -0.2) is 45.7 Å². The third-order valence-electron chi connectivity index (χ3n) is 2.82. The Bertz CT molecular complexity index is 636. The van der Waals surface area contributed by atoms with Gasteiger partial charge in [-0.15, -0.1) is 0 Å². The van der Waals surface area contributed by atoms with Crippen LogP contribution in [0.4, 0.5) is 0 Å². The number of rotatable bonds is 7. The molecule has 21 heavy (non-hydrogen) atoms. The quantitative estimate of drug-likeness (QED) is 0.785. The van der Waals surface area contributed by atoms with Crippen molar-refractivity contribution >= 4 is 17.0 Å². The number of aromatic nitrogens is 3. The second kappa shape index (κ2) is 6.53. The maximum absolute atomic E-state index is 11.3. The molecule has 0 aromatic carbocycles. The Morgan fingerprint density at radius 2 is 2.24 bits per heavy atom. The van der Waals surface area contributed by atoms with E-state index in [2.05, 4.69) is 10.1 Å². The van der Waals surface area contributed by atoms with E-state index >= 15 is 0 Å². The maximum Gasteiger partial charge on any atom is 0.341 e. The summed E-state index contributed by atoms with van der Waals surface area (Å²) in [5.41, 5.74) is 0.528. The van der Waals surface area contributed by atoms with E-state index in [1.54, 1.807) is 24.1 Å². The van der Waals surface area contributed by atoms with Crippen LogP contribution in [-0.2, 0) is 11.3 Å². The van der Waals surface area contributed by atoms with Gasteiger partial charge in [0.25, 0.3) is 0 Å². The van der Waals surface area contributed by atoms with Gasteiger partial charge in [0.05, 0.1) is 6.10 Å². The highest BCUT2D eigenvalue weighted by Gasteiger charge is 2.17. The summed E-state index contributed by atoms with van der Waals surface area (Å²) in [6.45, 7) is 4.97. The number of ether oxygens (including phenoxy) is 2. The van der Waals surface area contributed by atoms with Gasteiger partial charge >= 0.3 is 5.97 Å². The van der Waals surface area contributed by atoms with Gasteiger partial charge in [0.2, 0.25) is 5.88 Å². The van der Waals surface area contributed by atoms with Crippen molar-refractivity contribution in [3.8, 4) is 5.88 Å². The summed E-state index contributed by atoms with van der Waals surface area (Å²) in [6.07, 6.45) is 2.45. The van der Waals surface area contributed by atoms with Crippen molar-refractivity contribution in [2.75, 3.05) is 13.7 Å². The van der Waals surface area contributed by atoms with Crippen LogP contribution in [0.1, 0.15) is 30.6 Å². The first-order chi connectivity index (χ1) is 10.0. The summed E-state index contributed by atoms with van der Waals surface area (Å²) in [5, 5.41) is 14.3. The topological polar surface area (TPSA) is 86.5 Å². The summed E-state index contributed by atoms with van der Waals surface area (Å²) in [4.78, 5) is 15.5. The molecule has 2 heterocycles. The number of nitrogens with zero attached hydrogens (tertiary/aromatic N) is 3. The average Bonchev–Trinajstić information content (AvgIpc) is 2.79. The van der Waals surface area contributed by atoms with Gasteiger partial charge in [-0.2, -0.15) is 10.1 Å². The lowest BCUT2D eigenvalue weighted by Gasteiger charge is -2.10. The highest BCUT2D eigenvalue weighted by Crippen LogP contribution is 2.22. The van der Waals surface area contributed by atoms with Crippen molar-refractivity contribution in [2.45, 2.75) is 32.9 Å². The molecular formula is C14H19N3O4. The van der Waals surface area contributed by atoms with Gasteiger partial charge in [-0.05, 0) is 26.3 Å². The minimum atomic E-state index is -1.06. The van der Waals surface area contributed by atoms with Gasteiger partial charge in [-0.3, -0.25) is 4.68 Å². The lowest BCUT2D eigenvalue weighted by molar-refractivity contribution is 0.0689. The van der Waals surface area contributed by atoms with Crippen LogP contribution in [0.2, 0.25) is 0 Å². The molecule has 2 rings (SSSR count). The van der Waals surface area contributed by atoms with E-state index in [1.165, 1.54) is 0 Å². The van der Waals surface area contributed by atoms with Gasteiger partial charge in [0.1, 0.15) is 5.56 Å². The number of carboxylic acids is 1. The first-order valence-electron chi connectivity index (χ1n) is 6.78. The van der Waals surface area contributed by atoms with Crippen molar-refractivity contribution < 1.29 is 19.4 Å². The monoisotopic (exact) mass is 293 g/mol. The Hall–Kier alpha value is -2.15. The zero-order chi connectivity index (χ0) is 15.4. The van der Waals surface area contributed by atoms with Crippen LogP contribution in [0.5, 0.6) is 5.88 Å². The van der Waals surface area contributed by atoms with E-state index in [1.807, 2.05) is 13.8 Å². The lowest BCUT2D eigenvalue weighted by Crippen LogP contribution is -2.11. The van der Waals surface area contributed by atoms with E-state index in [0.29, 0.717) is 24.2 Å². The van der Waals surface area contributed by atoms with Crippen LogP contribution < -0.4 is 4.74 Å². The Balaban J connectivity index is 2.35. The molecule has 0 bridgehead atoms. The Morgan fingerprint density at radius 1 is 1.48 bits per heavy atom. The van der Waals surface area contributed by atoms with Gasteiger partial charge in [0, 0.05) is 31.8 Å². The highest BCUT2D eigenvalue weighted by atomic mass is 16.5. The highest BCUT2D eigenvalue weighted by molar-refractivity contribution is 5.94. The molecule has 0 radical (unpaired) electrons. The fourth-order valence-corrected chi connectivity index (χ4v) is 1.94. The first-order valence-corrected chi connectivity index (χ1v) is 6.78. The summed E-state index contributed by atoms with van der Waals surface area (Å²) in [6, 6.07) is 1.54. The number of pyridine rings is 1. The van der Waals surface area contributed by atoms with Crippen LogP contribution in [0, 0.1) is 0 Å².